The lowest BCUT2D eigenvalue weighted by Crippen LogP contribution is -2.52. The first kappa shape index (κ1) is 21.9. The van der Waals surface area contributed by atoms with Crippen molar-refractivity contribution in [3.05, 3.63) is 41.9 Å². The summed E-state index contributed by atoms with van der Waals surface area (Å²) in [5, 5.41) is 12.0. The highest BCUT2D eigenvalue weighted by Gasteiger charge is 2.21. The second-order valence-corrected chi connectivity index (χ2v) is 8.08. The molecular weight excluding hydrogens is 402 g/mol. The van der Waals surface area contributed by atoms with Crippen molar-refractivity contribution in [3.8, 4) is 0 Å². The van der Waals surface area contributed by atoms with Crippen molar-refractivity contribution in [2.24, 2.45) is 12.0 Å². The minimum absolute atomic E-state index is 0.658. The standard InChI is InChI=1S/C23H33N9/c1-5-24-23(26-10-9-25-21-19-15-29-30(4)22(19)28-16-27-21)32-13-11-31(12-14-32)20-8-6-7-17(2)18(20)3/h6-8,15-16H,5,9-14H2,1-4H3,(H,24,26)(H,25,27,28). The van der Waals surface area contributed by atoms with Crippen LogP contribution in [0.15, 0.2) is 35.7 Å². The van der Waals surface area contributed by atoms with Crippen molar-refractivity contribution in [2.75, 3.05) is 56.0 Å². The predicted octanol–water partition coefficient (Wildman–Crippen LogP) is 2.18. The number of aliphatic imine (C=N–C) groups is 1. The lowest BCUT2D eigenvalue weighted by atomic mass is 10.1. The highest BCUT2D eigenvalue weighted by atomic mass is 15.3. The number of rotatable bonds is 6. The normalized spacial score (nSPS) is 14.8. The van der Waals surface area contributed by atoms with Gasteiger partial charge in [0.2, 0.25) is 0 Å². The fraction of sp³-hybridized carbons (Fsp3) is 0.478. The van der Waals surface area contributed by atoms with Gasteiger partial charge in [-0.1, -0.05) is 12.1 Å². The van der Waals surface area contributed by atoms with Crippen molar-refractivity contribution in [3.63, 3.8) is 0 Å². The molecule has 0 spiro atoms. The smallest absolute Gasteiger partial charge is 0.194 e. The maximum absolute atomic E-state index is 4.85. The van der Waals surface area contributed by atoms with Crippen LogP contribution in [-0.2, 0) is 7.05 Å². The van der Waals surface area contributed by atoms with Gasteiger partial charge in [-0.15, -0.1) is 0 Å². The molecule has 170 valence electrons. The third-order valence-corrected chi connectivity index (χ3v) is 6.03. The van der Waals surface area contributed by atoms with E-state index in [1.54, 1.807) is 17.2 Å². The van der Waals surface area contributed by atoms with Crippen molar-refractivity contribution in [2.45, 2.75) is 20.8 Å². The summed E-state index contributed by atoms with van der Waals surface area (Å²) in [6.07, 6.45) is 3.36. The molecule has 2 aromatic heterocycles. The van der Waals surface area contributed by atoms with E-state index in [-0.39, 0.29) is 0 Å². The highest BCUT2D eigenvalue weighted by molar-refractivity contribution is 5.86. The van der Waals surface area contributed by atoms with Gasteiger partial charge in [0.15, 0.2) is 11.6 Å². The van der Waals surface area contributed by atoms with Crippen LogP contribution in [0.25, 0.3) is 11.0 Å². The average molecular weight is 436 g/mol. The van der Waals surface area contributed by atoms with Gasteiger partial charge in [-0.2, -0.15) is 5.10 Å². The second kappa shape index (κ2) is 9.84. The number of anilines is 2. The van der Waals surface area contributed by atoms with E-state index in [0.29, 0.717) is 13.1 Å². The molecule has 0 amide bonds. The van der Waals surface area contributed by atoms with Gasteiger partial charge < -0.3 is 20.4 Å². The van der Waals surface area contributed by atoms with Gasteiger partial charge in [0.1, 0.15) is 12.1 Å². The molecule has 3 aromatic rings. The van der Waals surface area contributed by atoms with Crippen molar-refractivity contribution < 1.29 is 0 Å². The number of benzene rings is 1. The fourth-order valence-corrected chi connectivity index (χ4v) is 4.10. The van der Waals surface area contributed by atoms with Crippen LogP contribution in [0.3, 0.4) is 0 Å². The minimum Gasteiger partial charge on any atom is -0.368 e. The number of nitrogens with zero attached hydrogens (tertiary/aromatic N) is 7. The summed E-state index contributed by atoms with van der Waals surface area (Å²) in [5.74, 6) is 1.77. The lowest BCUT2D eigenvalue weighted by molar-refractivity contribution is 0.372. The Morgan fingerprint density at radius 3 is 2.72 bits per heavy atom. The highest BCUT2D eigenvalue weighted by Crippen LogP contribution is 2.24. The molecule has 9 heteroatoms. The topological polar surface area (TPSA) is 86.5 Å². The molecule has 4 rings (SSSR count). The number of nitrogens with one attached hydrogen (secondary N) is 2. The van der Waals surface area contributed by atoms with Crippen LogP contribution in [0, 0.1) is 13.8 Å². The first-order valence-electron chi connectivity index (χ1n) is 11.3. The fourth-order valence-electron chi connectivity index (χ4n) is 4.10. The Morgan fingerprint density at radius 1 is 1.12 bits per heavy atom. The molecule has 0 bridgehead atoms. The maximum Gasteiger partial charge on any atom is 0.194 e. The largest absolute Gasteiger partial charge is 0.368 e. The molecule has 2 N–H and O–H groups in total. The quantitative estimate of drug-likeness (QED) is 0.349. The van der Waals surface area contributed by atoms with Crippen molar-refractivity contribution >= 4 is 28.5 Å². The van der Waals surface area contributed by atoms with Crippen LogP contribution in [0.5, 0.6) is 0 Å². The predicted molar refractivity (Wildman–Crippen MR) is 130 cm³/mol. The second-order valence-electron chi connectivity index (χ2n) is 8.08. The molecule has 9 nitrogen and oxygen atoms in total. The molecular formula is C23H33N9. The van der Waals surface area contributed by atoms with E-state index in [9.17, 15) is 0 Å². The van der Waals surface area contributed by atoms with E-state index in [2.05, 4.69) is 74.5 Å². The minimum atomic E-state index is 0.658. The zero-order chi connectivity index (χ0) is 22.5. The van der Waals surface area contributed by atoms with Gasteiger partial charge in [0.25, 0.3) is 0 Å². The van der Waals surface area contributed by atoms with Gasteiger partial charge in [-0.3, -0.25) is 9.67 Å². The molecule has 0 saturated carbocycles. The Hall–Kier alpha value is -3.36. The molecule has 1 aliphatic rings. The molecule has 0 radical (unpaired) electrons. The third-order valence-electron chi connectivity index (χ3n) is 6.03. The molecule has 3 heterocycles. The Morgan fingerprint density at radius 2 is 1.94 bits per heavy atom. The Kier molecular flexibility index (Phi) is 6.72. The summed E-state index contributed by atoms with van der Waals surface area (Å²) in [6.45, 7) is 12.6. The Labute approximate surface area is 189 Å². The van der Waals surface area contributed by atoms with Crippen LogP contribution in [0.4, 0.5) is 11.5 Å². The number of hydrogen-bond donors (Lipinski definition) is 2. The number of hydrogen-bond acceptors (Lipinski definition) is 6. The molecule has 0 aliphatic carbocycles. The molecule has 1 aromatic carbocycles. The SMILES string of the molecule is CCNC(=NCCNc1ncnc2c1cnn2C)N1CCN(c2cccc(C)c2C)CC1. The zero-order valence-electron chi connectivity index (χ0n) is 19.5. The number of aryl methyl sites for hydroxylation is 2. The first-order chi connectivity index (χ1) is 15.6. The van der Waals surface area contributed by atoms with Crippen LogP contribution < -0.4 is 15.5 Å². The van der Waals surface area contributed by atoms with E-state index >= 15 is 0 Å². The first-order valence-corrected chi connectivity index (χ1v) is 11.3. The third kappa shape index (κ3) is 4.61. The van der Waals surface area contributed by atoms with Gasteiger partial charge >= 0.3 is 0 Å². The Balaban J connectivity index is 1.34. The van der Waals surface area contributed by atoms with Crippen LogP contribution in [-0.4, -0.2) is 76.4 Å². The number of guanidine groups is 1. The van der Waals surface area contributed by atoms with Gasteiger partial charge in [-0.05, 0) is 38.0 Å². The monoisotopic (exact) mass is 435 g/mol. The van der Waals surface area contributed by atoms with Gasteiger partial charge in [0.05, 0.1) is 18.1 Å². The molecule has 1 fully saturated rings. The number of piperazine rings is 1. The molecule has 1 saturated heterocycles. The summed E-state index contributed by atoms with van der Waals surface area (Å²) in [5.41, 5.74) is 4.89. The van der Waals surface area contributed by atoms with Crippen molar-refractivity contribution in [1.29, 1.82) is 0 Å². The van der Waals surface area contributed by atoms with Crippen LogP contribution >= 0.6 is 0 Å². The number of aromatic nitrogens is 4. The van der Waals surface area contributed by atoms with E-state index in [0.717, 1.165) is 55.5 Å². The summed E-state index contributed by atoms with van der Waals surface area (Å²) in [7, 11) is 1.88. The molecule has 1 aliphatic heterocycles. The number of fused-ring (bicyclic) bond motifs is 1. The van der Waals surface area contributed by atoms with E-state index in [4.69, 9.17) is 4.99 Å². The lowest BCUT2D eigenvalue weighted by Gasteiger charge is -2.38. The molecule has 0 unspecified atom stereocenters. The van der Waals surface area contributed by atoms with E-state index < -0.39 is 0 Å². The van der Waals surface area contributed by atoms with Crippen molar-refractivity contribution in [1.82, 2.24) is 30.0 Å². The summed E-state index contributed by atoms with van der Waals surface area (Å²) in [6, 6.07) is 6.56. The van der Waals surface area contributed by atoms with E-state index in [1.807, 2.05) is 7.05 Å². The summed E-state index contributed by atoms with van der Waals surface area (Å²) >= 11 is 0. The van der Waals surface area contributed by atoms with Crippen LogP contribution in [0.1, 0.15) is 18.1 Å². The molecule has 0 atom stereocenters. The van der Waals surface area contributed by atoms with E-state index in [1.165, 1.54) is 16.8 Å². The summed E-state index contributed by atoms with van der Waals surface area (Å²) < 4.78 is 1.75. The van der Waals surface area contributed by atoms with Crippen LogP contribution in [0.2, 0.25) is 0 Å². The van der Waals surface area contributed by atoms with Gasteiger partial charge in [-0.25, -0.2) is 9.97 Å². The summed E-state index contributed by atoms with van der Waals surface area (Å²) in [4.78, 5) is 18.3. The molecule has 32 heavy (non-hydrogen) atoms. The Bertz CT molecular complexity index is 1080. The van der Waals surface area contributed by atoms with Gasteiger partial charge in [0, 0.05) is 52.0 Å². The zero-order valence-corrected chi connectivity index (χ0v) is 19.5. The maximum atomic E-state index is 4.85. The average Bonchev–Trinajstić information content (AvgIpc) is 3.19.